The van der Waals surface area contributed by atoms with Gasteiger partial charge in [0.1, 0.15) is 11.1 Å². The van der Waals surface area contributed by atoms with Crippen molar-refractivity contribution in [2.45, 2.75) is 31.7 Å². The van der Waals surface area contributed by atoms with E-state index >= 15 is 0 Å². The third-order valence-electron chi connectivity index (χ3n) is 6.01. The van der Waals surface area contributed by atoms with Gasteiger partial charge in [-0.25, -0.2) is 4.79 Å². The molecule has 16 heteroatoms. The Bertz CT molecular complexity index is 1440. The first-order chi connectivity index (χ1) is 18.2. The number of halogens is 3. The summed E-state index contributed by atoms with van der Waals surface area (Å²) in [6, 6.07) is 3.86. The van der Waals surface area contributed by atoms with Gasteiger partial charge in [0.2, 0.25) is 11.8 Å². The van der Waals surface area contributed by atoms with Crippen LogP contribution in [0.2, 0.25) is 0 Å². The van der Waals surface area contributed by atoms with Crippen molar-refractivity contribution in [1.29, 1.82) is 0 Å². The van der Waals surface area contributed by atoms with Crippen molar-refractivity contribution in [2.24, 2.45) is 0 Å². The van der Waals surface area contributed by atoms with Gasteiger partial charge in [-0.05, 0) is 26.0 Å². The number of carbonyl (C=O) groups is 3. The summed E-state index contributed by atoms with van der Waals surface area (Å²) in [5.74, 6) is -3.42. The summed E-state index contributed by atoms with van der Waals surface area (Å²) in [7, 11) is -4.24. The van der Waals surface area contributed by atoms with E-state index in [4.69, 9.17) is 8.97 Å². The third kappa shape index (κ3) is 7.10. The molecule has 214 valence electrons. The van der Waals surface area contributed by atoms with Crippen LogP contribution in [0.3, 0.4) is 0 Å². The smallest absolute Gasteiger partial charge is 0.418 e. The van der Waals surface area contributed by atoms with Crippen LogP contribution in [0.15, 0.2) is 27.4 Å². The Morgan fingerprint density at radius 1 is 1.23 bits per heavy atom. The van der Waals surface area contributed by atoms with Crippen molar-refractivity contribution in [3.05, 3.63) is 39.7 Å². The molecule has 2 N–H and O–H groups in total. The fourth-order valence-electron chi connectivity index (χ4n) is 4.16. The third-order valence-corrected chi connectivity index (χ3v) is 8.20. The largest absolute Gasteiger partial charge is 0.422 e. The highest BCUT2D eigenvalue weighted by Crippen LogP contribution is 2.37. The summed E-state index contributed by atoms with van der Waals surface area (Å²) in [6.07, 6.45) is -5.32. The van der Waals surface area contributed by atoms with Gasteiger partial charge in [0.15, 0.2) is 0 Å². The number of carbonyl (C=O) groups excluding carboxylic acids is 3. The van der Waals surface area contributed by atoms with E-state index in [0.717, 1.165) is 22.7 Å². The number of thioether (sulfide) groups is 1. The molecule has 1 fully saturated rings. The van der Waals surface area contributed by atoms with Crippen LogP contribution in [-0.2, 0) is 25.9 Å². The summed E-state index contributed by atoms with van der Waals surface area (Å²) in [5.41, 5.74) is -3.99. The van der Waals surface area contributed by atoms with Crippen molar-refractivity contribution in [3.63, 3.8) is 0 Å². The molecule has 2 heterocycles. The summed E-state index contributed by atoms with van der Waals surface area (Å²) in [4.78, 5) is 52.6. The van der Waals surface area contributed by atoms with E-state index in [9.17, 15) is 40.8 Å². The maximum Gasteiger partial charge on any atom is 0.418 e. The summed E-state index contributed by atoms with van der Waals surface area (Å²) >= 11 is 0.856. The van der Waals surface area contributed by atoms with E-state index < -0.39 is 73.7 Å². The first kappa shape index (κ1) is 30.4. The number of fused-ring (bicyclic) bond motifs is 1. The molecular formula is C23H26F3N3O8S2. The van der Waals surface area contributed by atoms with Crippen LogP contribution in [0.1, 0.15) is 36.2 Å². The zero-order chi connectivity index (χ0) is 29.1. The van der Waals surface area contributed by atoms with Gasteiger partial charge in [-0.15, -0.1) is 11.8 Å². The van der Waals surface area contributed by atoms with Gasteiger partial charge >= 0.3 is 11.8 Å². The number of anilines is 1. The Morgan fingerprint density at radius 2 is 1.90 bits per heavy atom. The highest BCUT2D eigenvalue weighted by atomic mass is 32.2. The molecule has 1 unspecified atom stereocenters. The van der Waals surface area contributed by atoms with E-state index in [1.54, 1.807) is 0 Å². The van der Waals surface area contributed by atoms with Crippen molar-refractivity contribution < 1.29 is 44.9 Å². The maximum absolute atomic E-state index is 14.1. The second-order valence-electron chi connectivity index (χ2n) is 8.48. The van der Waals surface area contributed by atoms with Crippen molar-refractivity contribution in [2.75, 3.05) is 42.6 Å². The van der Waals surface area contributed by atoms with Crippen LogP contribution in [-0.4, -0.2) is 78.5 Å². The highest BCUT2D eigenvalue weighted by Gasteiger charge is 2.41. The van der Waals surface area contributed by atoms with E-state index in [0.29, 0.717) is 18.8 Å². The van der Waals surface area contributed by atoms with Crippen LogP contribution in [0.25, 0.3) is 11.0 Å². The normalized spacial score (nSPS) is 16.3. The number of nitrogens with one attached hydrogen (secondary N) is 1. The van der Waals surface area contributed by atoms with E-state index in [-0.39, 0.29) is 24.3 Å². The lowest BCUT2D eigenvalue weighted by atomic mass is 10.0. The molecule has 0 radical (unpaired) electrons. The number of nitrogens with zero attached hydrogens (tertiary/aromatic N) is 2. The Balaban J connectivity index is 1.78. The van der Waals surface area contributed by atoms with Crippen LogP contribution < -0.4 is 15.8 Å². The van der Waals surface area contributed by atoms with Crippen molar-refractivity contribution >= 4 is 56.3 Å². The first-order valence-corrected chi connectivity index (χ1v) is 14.5. The minimum atomic E-state index is -5.08. The van der Waals surface area contributed by atoms with Gasteiger partial charge < -0.3 is 14.6 Å². The fourth-order valence-corrected chi connectivity index (χ4v) is 6.20. The molecule has 1 saturated heterocycles. The molecule has 0 aliphatic carbocycles. The molecule has 0 bridgehead atoms. The molecule has 39 heavy (non-hydrogen) atoms. The minimum absolute atomic E-state index is 0.137. The maximum atomic E-state index is 14.1. The zero-order valence-electron chi connectivity index (χ0n) is 20.9. The summed E-state index contributed by atoms with van der Waals surface area (Å²) < 4.78 is 77.7. The molecule has 1 aromatic heterocycles. The van der Waals surface area contributed by atoms with Gasteiger partial charge in [-0.3, -0.25) is 23.8 Å². The summed E-state index contributed by atoms with van der Waals surface area (Å²) in [6.45, 7) is 3.99. The molecule has 3 amide bonds. The highest BCUT2D eigenvalue weighted by molar-refractivity contribution is 8.01. The van der Waals surface area contributed by atoms with Crippen molar-refractivity contribution in [3.8, 4) is 0 Å². The summed E-state index contributed by atoms with van der Waals surface area (Å²) in [5, 5.41) is 0.762. The quantitative estimate of drug-likeness (QED) is 0.225. The Labute approximate surface area is 225 Å². The van der Waals surface area contributed by atoms with Crippen LogP contribution >= 0.6 is 11.8 Å². The first-order valence-electron chi connectivity index (χ1n) is 11.8. The van der Waals surface area contributed by atoms with E-state index in [1.165, 1.54) is 12.1 Å². The topological polar surface area (TPSA) is 154 Å². The molecular weight excluding hydrogens is 567 g/mol. The standard InChI is InChI=1S/C23H26F3N3O8S2/c1-3-28(4-2)13-5-6-14-15(11-13)37-22(33)18(19(14)23(24,25)26)20(31)27-7-8-29-17(30)12-16(21(29)32)38-9-10-39(34,35)36/h5-6,11,16H,3-4,7-10,12H2,1-2H3,(H,27,31)(H,34,35,36). The number of imide groups is 1. The lowest BCUT2D eigenvalue weighted by Gasteiger charge is -2.22. The second kappa shape index (κ2) is 12.0. The van der Waals surface area contributed by atoms with Gasteiger partial charge in [-0.1, -0.05) is 0 Å². The fraction of sp³-hybridized carbons (Fsp3) is 0.478. The molecule has 2 aromatic rings. The Hall–Kier alpha value is -3.11. The van der Waals surface area contributed by atoms with E-state index in [2.05, 4.69) is 5.32 Å². The van der Waals surface area contributed by atoms with Gasteiger partial charge in [0.05, 0.1) is 16.6 Å². The predicted octanol–water partition coefficient (Wildman–Crippen LogP) is 2.14. The number of amides is 3. The average molecular weight is 594 g/mol. The molecule has 1 aliphatic rings. The van der Waals surface area contributed by atoms with Gasteiger partial charge in [0, 0.05) is 55.5 Å². The van der Waals surface area contributed by atoms with Crippen LogP contribution in [0, 0.1) is 0 Å². The lowest BCUT2D eigenvalue weighted by Crippen LogP contribution is -2.40. The molecule has 3 rings (SSSR count). The zero-order valence-corrected chi connectivity index (χ0v) is 22.5. The number of benzene rings is 1. The Morgan fingerprint density at radius 3 is 2.49 bits per heavy atom. The number of alkyl halides is 3. The molecule has 0 spiro atoms. The molecule has 1 aliphatic heterocycles. The minimum Gasteiger partial charge on any atom is -0.422 e. The van der Waals surface area contributed by atoms with Crippen LogP contribution in [0.5, 0.6) is 0 Å². The van der Waals surface area contributed by atoms with Gasteiger partial charge in [0.25, 0.3) is 16.0 Å². The number of hydrogen-bond acceptors (Lipinski definition) is 9. The van der Waals surface area contributed by atoms with Crippen molar-refractivity contribution in [1.82, 2.24) is 10.2 Å². The second-order valence-corrected chi connectivity index (χ2v) is 11.4. The average Bonchev–Trinajstić information content (AvgIpc) is 3.09. The number of rotatable bonds is 11. The molecule has 1 aromatic carbocycles. The molecule has 0 saturated carbocycles. The lowest BCUT2D eigenvalue weighted by molar-refractivity contribution is -0.138. The monoisotopic (exact) mass is 593 g/mol. The van der Waals surface area contributed by atoms with Gasteiger partial charge in [-0.2, -0.15) is 21.6 Å². The van der Waals surface area contributed by atoms with Crippen LogP contribution in [0.4, 0.5) is 18.9 Å². The Kier molecular flexibility index (Phi) is 9.33. The SMILES string of the molecule is CCN(CC)c1ccc2c(C(F)(F)F)c(C(=O)NCCN3C(=O)CC(SCCS(=O)(=O)O)C3=O)c(=O)oc2c1. The predicted molar refractivity (Wildman–Crippen MR) is 137 cm³/mol. The molecule has 1 atom stereocenters. The molecule has 11 nitrogen and oxygen atoms in total. The van der Waals surface area contributed by atoms with E-state index in [1.807, 2.05) is 18.7 Å². The number of likely N-dealkylation sites (tertiary alicyclic amines) is 1. The number of hydrogen-bond donors (Lipinski definition) is 2.